The van der Waals surface area contributed by atoms with Crippen LogP contribution in [0.4, 0.5) is 0 Å². The molecule has 4 heteroatoms. The van der Waals surface area contributed by atoms with Gasteiger partial charge < -0.3 is 10.2 Å². The molecule has 0 unspecified atom stereocenters. The molecule has 4 aromatic carbocycles. The molecule has 4 aromatic rings. The number of carbonyl (C=O) groups is 1. The number of likely N-dealkylation sites (N-methyl/N-ethyl adjacent to an activating group) is 1. The topological polar surface area (TPSA) is 32.3 Å². The van der Waals surface area contributed by atoms with Crippen molar-refractivity contribution in [3.8, 4) is 0 Å². The number of nitrogens with zero attached hydrogens (tertiary/aromatic N) is 1. The van der Waals surface area contributed by atoms with E-state index in [9.17, 15) is 4.79 Å². The Morgan fingerprint density at radius 3 is 1.76 bits per heavy atom. The van der Waals surface area contributed by atoms with Gasteiger partial charge in [0.05, 0.1) is 6.04 Å². The van der Waals surface area contributed by atoms with Crippen LogP contribution in [0.5, 0.6) is 0 Å². The van der Waals surface area contributed by atoms with E-state index in [0.29, 0.717) is 0 Å². The van der Waals surface area contributed by atoms with Gasteiger partial charge >= 0.3 is 0 Å². The predicted molar refractivity (Wildman–Crippen MR) is 140 cm³/mol. The largest absolute Gasteiger partial charge is 0.344 e. The highest BCUT2D eigenvalue weighted by Gasteiger charge is 2.24. The zero-order chi connectivity index (χ0) is 23.0. The molecule has 0 bridgehead atoms. The smallest absolute Gasteiger partial charge is 0.252 e. The fraction of sp³-hybridized carbons (Fsp3) is 0.138. The Morgan fingerprint density at radius 1 is 0.727 bits per heavy atom. The SMILES string of the molecule is CN(C)C[C@@H](NC(=O)c1ccccc1P(c1ccccc1)c1ccccc1)c1ccccc1. The van der Waals surface area contributed by atoms with E-state index in [1.54, 1.807) is 0 Å². The molecule has 0 aliphatic heterocycles. The number of nitrogens with one attached hydrogen (secondary N) is 1. The highest BCUT2D eigenvalue weighted by molar-refractivity contribution is 7.80. The zero-order valence-corrected chi connectivity index (χ0v) is 20.0. The van der Waals surface area contributed by atoms with Gasteiger partial charge in [0.15, 0.2) is 0 Å². The first-order valence-electron chi connectivity index (χ1n) is 11.1. The standard InChI is InChI=1S/C29H29N2OP/c1-31(2)22-27(23-14-6-3-7-15-23)30-29(32)26-20-12-13-21-28(26)33(24-16-8-4-9-17-24)25-18-10-5-11-19-25/h3-21,27H,22H2,1-2H3,(H,30,32)/t27-/m1/s1. The summed E-state index contributed by atoms with van der Waals surface area (Å²) in [5, 5.41) is 6.83. The summed E-state index contributed by atoms with van der Waals surface area (Å²) >= 11 is 0. The first-order chi connectivity index (χ1) is 16.1. The monoisotopic (exact) mass is 452 g/mol. The van der Waals surface area contributed by atoms with Gasteiger partial charge in [0.2, 0.25) is 0 Å². The number of rotatable bonds is 8. The Labute approximate surface area is 197 Å². The van der Waals surface area contributed by atoms with Crippen molar-refractivity contribution in [2.24, 2.45) is 0 Å². The van der Waals surface area contributed by atoms with E-state index in [2.05, 4.69) is 76.9 Å². The summed E-state index contributed by atoms with van der Waals surface area (Å²) in [5.74, 6) is -0.0411. The van der Waals surface area contributed by atoms with Gasteiger partial charge in [-0.25, -0.2) is 0 Å². The van der Waals surface area contributed by atoms with Gasteiger partial charge in [0, 0.05) is 12.1 Å². The first kappa shape index (κ1) is 22.9. The molecule has 1 N–H and O–H groups in total. The van der Waals surface area contributed by atoms with E-state index < -0.39 is 7.92 Å². The molecular weight excluding hydrogens is 423 g/mol. The number of amides is 1. The summed E-state index contributed by atoms with van der Waals surface area (Å²) in [4.78, 5) is 15.8. The van der Waals surface area contributed by atoms with Crippen LogP contribution in [0.25, 0.3) is 0 Å². The molecule has 33 heavy (non-hydrogen) atoms. The fourth-order valence-electron chi connectivity index (χ4n) is 3.96. The van der Waals surface area contributed by atoms with Gasteiger partial charge in [0.1, 0.15) is 0 Å². The number of carbonyl (C=O) groups excluding carboxylic acids is 1. The third-order valence-corrected chi connectivity index (χ3v) is 7.97. The first-order valence-corrected chi connectivity index (χ1v) is 12.5. The van der Waals surface area contributed by atoms with Crippen molar-refractivity contribution in [1.29, 1.82) is 0 Å². The molecule has 166 valence electrons. The van der Waals surface area contributed by atoms with Gasteiger partial charge in [-0.2, -0.15) is 0 Å². The van der Waals surface area contributed by atoms with Crippen LogP contribution >= 0.6 is 7.92 Å². The number of benzene rings is 4. The third kappa shape index (κ3) is 5.76. The fourth-order valence-corrected chi connectivity index (χ4v) is 6.41. The van der Waals surface area contributed by atoms with Crippen molar-refractivity contribution in [2.75, 3.05) is 20.6 Å². The van der Waals surface area contributed by atoms with Gasteiger partial charge in [-0.3, -0.25) is 4.79 Å². The Kier molecular flexibility index (Phi) is 7.67. The Balaban J connectivity index is 1.73. The van der Waals surface area contributed by atoms with Gasteiger partial charge in [-0.05, 0) is 49.6 Å². The van der Waals surface area contributed by atoms with Crippen LogP contribution in [-0.4, -0.2) is 31.4 Å². The summed E-state index contributed by atoms with van der Waals surface area (Å²) in [6.45, 7) is 0.726. The van der Waals surface area contributed by atoms with Crippen molar-refractivity contribution in [2.45, 2.75) is 6.04 Å². The van der Waals surface area contributed by atoms with Crippen LogP contribution in [0, 0.1) is 0 Å². The Morgan fingerprint density at radius 2 is 1.21 bits per heavy atom. The molecule has 0 heterocycles. The summed E-state index contributed by atoms with van der Waals surface area (Å²) in [6, 6.07) is 39.1. The van der Waals surface area contributed by atoms with Crippen LogP contribution in [-0.2, 0) is 0 Å². The molecule has 0 saturated heterocycles. The van der Waals surface area contributed by atoms with E-state index in [1.165, 1.54) is 10.6 Å². The summed E-state index contributed by atoms with van der Waals surface area (Å²) < 4.78 is 0. The van der Waals surface area contributed by atoms with Crippen LogP contribution in [0.3, 0.4) is 0 Å². The lowest BCUT2D eigenvalue weighted by Crippen LogP contribution is -2.37. The van der Waals surface area contributed by atoms with Crippen molar-refractivity contribution < 1.29 is 4.79 Å². The van der Waals surface area contributed by atoms with Crippen molar-refractivity contribution in [1.82, 2.24) is 10.2 Å². The van der Waals surface area contributed by atoms with E-state index in [0.717, 1.165) is 23.0 Å². The molecule has 0 aromatic heterocycles. The highest BCUT2D eigenvalue weighted by Crippen LogP contribution is 2.34. The van der Waals surface area contributed by atoms with Crippen LogP contribution < -0.4 is 21.2 Å². The van der Waals surface area contributed by atoms with Crippen LogP contribution in [0.1, 0.15) is 22.0 Å². The quantitative estimate of drug-likeness (QED) is 0.400. The normalized spacial score (nSPS) is 12.0. The van der Waals surface area contributed by atoms with E-state index in [4.69, 9.17) is 0 Å². The minimum atomic E-state index is -0.866. The minimum absolute atomic E-state index is 0.0411. The average molecular weight is 453 g/mol. The molecule has 0 fully saturated rings. The zero-order valence-electron chi connectivity index (χ0n) is 19.1. The molecule has 0 aliphatic carbocycles. The molecule has 3 nitrogen and oxygen atoms in total. The minimum Gasteiger partial charge on any atom is -0.344 e. The predicted octanol–water partition coefficient (Wildman–Crippen LogP) is 4.48. The lowest BCUT2D eigenvalue weighted by Gasteiger charge is -2.25. The molecular formula is C29H29N2OP. The highest BCUT2D eigenvalue weighted by atomic mass is 31.1. The number of hydrogen-bond acceptors (Lipinski definition) is 2. The van der Waals surface area contributed by atoms with Crippen LogP contribution in [0.15, 0.2) is 115 Å². The summed E-state index contributed by atoms with van der Waals surface area (Å²) in [5.41, 5.74) is 1.83. The third-order valence-electron chi connectivity index (χ3n) is 5.47. The Bertz CT molecular complexity index is 1120. The van der Waals surface area contributed by atoms with Crippen molar-refractivity contribution in [3.05, 3.63) is 126 Å². The molecule has 0 aliphatic rings. The van der Waals surface area contributed by atoms with E-state index in [1.807, 2.05) is 62.6 Å². The second-order valence-corrected chi connectivity index (χ2v) is 10.4. The van der Waals surface area contributed by atoms with Gasteiger partial charge in [-0.15, -0.1) is 0 Å². The van der Waals surface area contributed by atoms with Crippen LogP contribution in [0.2, 0.25) is 0 Å². The maximum absolute atomic E-state index is 13.7. The summed E-state index contributed by atoms with van der Waals surface area (Å²) in [6.07, 6.45) is 0. The summed E-state index contributed by atoms with van der Waals surface area (Å²) in [7, 11) is 3.19. The maximum Gasteiger partial charge on any atom is 0.252 e. The molecule has 0 radical (unpaired) electrons. The maximum atomic E-state index is 13.7. The average Bonchev–Trinajstić information content (AvgIpc) is 2.86. The lowest BCUT2D eigenvalue weighted by molar-refractivity contribution is 0.0931. The number of hydrogen-bond donors (Lipinski definition) is 1. The molecule has 0 spiro atoms. The molecule has 1 amide bonds. The van der Waals surface area contributed by atoms with Gasteiger partial charge in [0.25, 0.3) is 5.91 Å². The molecule has 0 saturated carbocycles. The van der Waals surface area contributed by atoms with E-state index >= 15 is 0 Å². The van der Waals surface area contributed by atoms with Crippen molar-refractivity contribution in [3.63, 3.8) is 0 Å². The van der Waals surface area contributed by atoms with Gasteiger partial charge in [-0.1, -0.05) is 109 Å². The second kappa shape index (κ2) is 11.0. The second-order valence-electron chi connectivity index (χ2n) is 8.22. The lowest BCUT2D eigenvalue weighted by atomic mass is 10.1. The molecule has 1 atom stereocenters. The van der Waals surface area contributed by atoms with Crippen molar-refractivity contribution >= 4 is 29.7 Å². The van der Waals surface area contributed by atoms with E-state index in [-0.39, 0.29) is 11.9 Å². The Hall–Kier alpha value is -3.26. The molecule has 4 rings (SSSR count).